The van der Waals surface area contributed by atoms with Crippen LogP contribution in [-0.2, 0) is 14.9 Å². The van der Waals surface area contributed by atoms with Gasteiger partial charge in [-0.3, -0.25) is 4.99 Å². The Bertz CT molecular complexity index is 622. The summed E-state index contributed by atoms with van der Waals surface area (Å²) in [6.45, 7) is 8.88. The Balaban J connectivity index is 0.00000480. The van der Waals surface area contributed by atoms with Crippen molar-refractivity contribution in [1.82, 2.24) is 15.5 Å². The predicted octanol–water partition coefficient (Wildman–Crippen LogP) is 2.88. The molecule has 8 heteroatoms. The van der Waals surface area contributed by atoms with Gasteiger partial charge < -0.3 is 29.7 Å². The lowest BCUT2D eigenvalue weighted by Gasteiger charge is -2.36. The molecule has 178 valence electrons. The Morgan fingerprint density at radius 1 is 1.13 bits per heavy atom. The topological polar surface area (TPSA) is 67.4 Å². The molecule has 1 fully saturated rings. The van der Waals surface area contributed by atoms with Crippen LogP contribution in [0.5, 0.6) is 5.75 Å². The number of halogens is 1. The van der Waals surface area contributed by atoms with Crippen molar-refractivity contribution >= 4 is 29.9 Å². The molecule has 7 nitrogen and oxygen atoms in total. The van der Waals surface area contributed by atoms with Gasteiger partial charge in [-0.15, -0.1) is 24.0 Å². The van der Waals surface area contributed by atoms with Crippen molar-refractivity contribution in [2.24, 2.45) is 4.99 Å². The summed E-state index contributed by atoms with van der Waals surface area (Å²) < 4.78 is 16.1. The molecule has 1 aliphatic rings. The predicted molar refractivity (Wildman–Crippen MR) is 138 cm³/mol. The fraction of sp³-hybridized carbons (Fsp3) is 0.696. The van der Waals surface area contributed by atoms with Gasteiger partial charge in [-0.05, 0) is 50.9 Å². The second kappa shape index (κ2) is 15.7. The smallest absolute Gasteiger partial charge is 0.191 e. The molecule has 0 amide bonds. The standard InChI is InChI=1S/C23H40N4O3.HI/c1-5-24-22(25-13-15-27(2)14-6-16-28-3)26-19-23(11-17-30-18-12-23)20-7-9-21(29-4)10-8-20;/h7-10H,5-6,11-19H2,1-4H3,(H2,24,25,26);1H. The number of ether oxygens (including phenoxy) is 3. The summed E-state index contributed by atoms with van der Waals surface area (Å²) in [5.41, 5.74) is 1.31. The lowest BCUT2D eigenvalue weighted by atomic mass is 9.74. The summed E-state index contributed by atoms with van der Waals surface area (Å²) in [7, 11) is 5.59. The van der Waals surface area contributed by atoms with Crippen molar-refractivity contribution < 1.29 is 14.2 Å². The highest BCUT2D eigenvalue weighted by Gasteiger charge is 2.34. The maximum absolute atomic E-state index is 5.66. The van der Waals surface area contributed by atoms with Crippen LogP contribution in [0.15, 0.2) is 29.3 Å². The molecule has 1 aliphatic heterocycles. The van der Waals surface area contributed by atoms with Gasteiger partial charge in [0.1, 0.15) is 5.75 Å². The number of aliphatic imine (C=N–C) groups is 1. The van der Waals surface area contributed by atoms with Crippen LogP contribution in [0.4, 0.5) is 0 Å². The van der Waals surface area contributed by atoms with E-state index in [4.69, 9.17) is 19.2 Å². The lowest BCUT2D eigenvalue weighted by molar-refractivity contribution is 0.0531. The van der Waals surface area contributed by atoms with Crippen LogP contribution in [-0.4, -0.2) is 84.7 Å². The van der Waals surface area contributed by atoms with Gasteiger partial charge in [0.15, 0.2) is 5.96 Å². The molecule has 2 N–H and O–H groups in total. The summed E-state index contributed by atoms with van der Waals surface area (Å²) in [4.78, 5) is 7.28. The van der Waals surface area contributed by atoms with E-state index in [1.165, 1.54) is 5.56 Å². The summed E-state index contributed by atoms with van der Waals surface area (Å²) in [6.07, 6.45) is 3.00. The molecule has 0 unspecified atom stereocenters. The molecule has 0 bridgehead atoms. The lowest BCUT2D eigenvalue weighted by Crippen LogP contribution is -2.43. The highest BCUT2D eigenvalue weighted by atomic mass is 127. The van der Waals surface area contributed by atoms with E-state index in [-0.39, 0.29) is 29.4 Å². The molecule has 1 aromatic rings. The monoisotopic (exact) mass is 548 g/mol. The molecular weight excluding hydrogens is 507 g/mol. The number of guanidine groups is 1. The van der Waals surface area contributed by atoms with Crippen LogP contribution in [0.3, 0.4) is 0 Å². The largest absolute Gasteiger partial charge is 0.497 e. The Labute approximate surface area is 205 Å². The molecule has 0 saturated carbocycles. The molecule has 1 heterocycles. The van der Waals surface area contributed by atoms with Gasteiger partial charge in [-0.1, -0.05) is 12.1 Å². The number of methoxy groups -OCH3 is 2. The van der Waals surface area contributed by atoms with Crippen molar-refractivity contribution in [3.63, 3.8) is 0 Å². The zero-order valence-electron chi connectivity index (χ0n) is 19.6. The van der Waals surface area contributed by atoms with Gasteiger partial charge in [-0.2, -0.15) is 0 Å². The SMILES string of the molecule is CCNC(=NCC1(c2ccc(OC)cc2)CCOCC1)NCCN(C)CCCOC.I. The van der Waals surface area contributed by atoms with Gasteiger partial charge in [-0.25, -0.2) is 0 Å². The summed E-state index contributed by atoms with van der Waals surface area (Å²) in [5.74, 6) is 1.76. The molecule has 31 heavy (non-hydrogen) atoms. The van der Waals surface area contributed by atoms with E-state index in [9.17, 15) is 0 Å². The number of nitrogens with zero attached hydrogens (tertiary/aromatic N) is 2. The minimum Gasteiger partial charge on any atom is -0.497 e. The van der Waals surface area contributed by atoms with E-state index in [0.29, 0.717) is 0 Å². The maximum Gasteiger partial charge on any atom is 0.191 e. The Morgan fingerprint density at radius 3 is 2.45 bits per heavy atom. The molecule has 2 rings (SSSR count). The van der Waals surface area contributed by atoms with Crippen LogP contribution in [0.25, 0.3) is 0 Å². The Hall–Kier alpha value is -1.10. The first-order valence-corrected chi connectivity index (χ1v) is 11.1. The van der Waals surface area contributed by atoms with Gasteiger partial charge >= 0.3 is 0 Å². The van der Waals surface area contributed by atoms with Crippen LogP contribution >= 0.6 is 24.0 Å². The number of likely N-dealkylation sites (N-methyl/N-ethyl adjacent to an activating group) is 1. The molecule has 1 aromatic carbocycles. The number of hydrogen-bond acceptors (Lipinski definition) is 5. The first-order valence-electron chi connectivity index (χ1n) is 11.1. The minimum atomic E-state index is 0. The van der Waals surface area contributed by atoms with Gasteiger partial charge in [0.25, 0.3) is 0 Å². The van der Waals surface area contributed by atoms with E-state index < -0.39 is 0 Å². The third-order valence-electron chi connectivity index (χ3n) is 5.71. The average molecular weight is 549 g/mol. The van der Waals surface area contributed by atoms with Crippen LogP contribution < -0.4 is 15.4 Å². The molecule has 0 aromatic heterocycles. The van der Waals surface area contributed by atoms with Gasteiger partial charge in [0.2, 0.25) is 0 Å². The normalized spacial score (nSPS) is 16.0. The van der Waals surface area contributed by atoms with E-state index >= 15 is 0 Å². The van der Waals surface area contributed by atoms with Crippen LogP contribution in [0.2, 0.25) is 0 Å². The van der Waals surface area contributed by atoms with Crippen molar-refractivity contribution in [3.8, 4) is 5.75 Å². The molecule has 0 aliphatic carbocycles. The van der Waals surface area contributed by atoms with E-state index in [2.05, 4.69) is 41.6 Å². The first kappa shape index (κ1) is 27.9. The Kier molecular flexibility index (Phi) is 14.1. The fourth-order valence-electron chi connectivity index (χ4n) is 3.77. The summed E-state index contributed by atoms with van der Waals surface area (Å²) in [6, 6.07) is 8.43. The molecular formula is C23H41IN4O3. The van der Waals surface area contributed by atoms with Crippen molar-refractivity contribution in [2.45, 2.75) is 31.6 Å². The van der Waals surface area contributed by atoms with E-state index in [0.717, 1.165) is 83.5 Å². The van der Waals surface area contributed by atoms with Crippen LogP contribution in [0.1, 0.15) is 31.7 Å². The second-order valence-corrected chi connectivity index (χ2v) is 7.89. The Morgan fingerprint density at radius 2 is 1.84 bits per heavy atom. The molecule has 0 radical (unpaired) electrons. The zero-order chi connectivity index (χ0) is 21.7. The number of benzene rings is 1. The zero-order valence-corrected chi connectivity index (χ0v) is 21.9. The van der Waals surface area contributed by atoms with E-state index in [1.54, 1.807) is 14.2 Å². The quantitative estimate of drug-likeness (QED) is 0.181. The number of nitrogens with one attached hydrogen (secondary N) is 2. The minimum absolute atomic E-state index is 0. The molecule has 1 saturated heterocycles. The van der Waals surface area contributed by atoms with Crippen molar-refractivity contribution in [1.29, 1.82) is 0 Å². The maximum atomic E-state index is 5.66. The van der Waals surface area contributed by atoms with Crippen LogP contribution in [0, 0.1) is 0 Å². The third-order valence-corrected chi connectivity index (χ3v) is 5.71. The highest BCUT2D eigenvalue weighted by Crippen LogP contribution is 2.36. The average Bonchev–Trinajstić information content (AvgIpc) is 2.78. The first-order chi connectivity index (χ1) is 14.6. The highest BCUT2D eigenvalue weighted by molar-refractivity contribution is 14.0. The third kappa shape index (κ3) is 9.51. The summed E-state index contributed by atoms with van der Waals surface area (Å²) >= 11 is 0. The van der Waals surface area contributed by atoms with Gasteiger partial charge in [0, 0.05) is 58.5 Å². The van der Waals surface area contributed by atoms with Crippen molar-refractivity contribution in [2.75, 3.05) is 73.8 Å². The number of hydrogen-bond donors (Lipinski definition) is 2. The van der Waals surface area contributed by atoms with Gasteiger partial charge in [0.05, 0.1) is 13.7 Å². The second-order valence-electron chi connectivity index (χ2n) is 7.89. The van der Waals surface area contributed by atoms with Crippen molar-refractivity contribution in [3.05, 3.63) is 29.8 Å². The van der Waals surface area contributed by atoms with E-state index in [1.807, 2.05) is 12.1 Å². The molecule has 0 spiro atoms. The number of rotatable bonds is 12. The summed E-state index contributed by atoms with van der Waals surface area (Å²) in [5, 5.41) is 6.87. The molecule has 0 atom stereocenters. The fourth-order valence-corrected chi connectivity index (χ4v) is 3.77.